The molecule has 1 atom stereocenters. The number of pyridine rings is 1. The Hall–Kier alpha value is -3.75. The summed E-state index contributed by atoms with van der Waals surface area (Å²) in [4.78, 5) is 39.2. The largest absolute Gasteiger partial charge is 0.481 e. The average molecular weight is 383 g/mol. The summed E-state index contributed by atoms with van der Waals surface area (Å²) >= 11 is 0. The predicted molar refractivity (Wildman–Crippen MR) is 103 cm³/mol. The van der Waals surface area contributed by atoms with Crippen LogP contribution in [0.15, 0.2) is 53.9 Å². The fourth-order valence-electron chi connectivity index (χ4n) is 2.46. The van der Waals surface area contributed by atoms with Crippen molar-refractivity contribution < 1.29 is 19.5 Å². The lowest BCUT2D eigenvalue weighted by Crippen LogP contribution is -2.30. The molecule has 1 heterocycles. The Labute approximate surface area is 161 Å². The summed E-state index contributed by atoms with van der Waals surface area (Å²) in [7, 11) is 0. The zero-order valence-electron chi connectivity index (χ0n) is 15.0. The highest BCUT2D eigenvalue weighted by Crippen LogP contribution is 2.16. The van der Waals surface area contributed by atoms with Crippen LogP contribution in [0.5, 0.6) is 0 Å². The molecular weight excluding hydrogens is 362 g/mol. The number of nitrogens with one attached hydrogen (secondary N) is 2. The topological polar surface area (TPSA) is 147 Å². The van der Waals surface area contributed by atoms with Gasteiger partial charge in [0.05, 0.1) is 18.7 Å². The number of nitrogens with zero attached hydrogens (tertiary/aromatic N) is 2. The second-order valence-corrected chi connectivity index (χ2v) is 5.95. The lowest BCUT2D eigenvalue weighted by atomic mass is 10.1. The molecule has 0 radical (unpaired) electrons. The van der Waals surface area contributed by atoms with Crippen molar-refractivity contribution in [1.82, 2.24) is 10.3 Å². The number of hydrogen-bond donors (Lipinski definition) is 4. The van der Waals surface area contributed by atoms with Crippen molar-refractivity contribution in [3.63, 3.8) is 0 Å². The second kappa shape index (κ2) is 10.4. The van der Waals surface area contributed by atoms with Gasteiger partial charge in [-0.2, -0.15) is 5.10 Å². The van der Waals surface area contributed by atoms with Crippen molar-refractivity contribution >= 4 is 29.7 Å². The number of carboxylic acids is 1. The number of carbonyl (C=O) groups is 3. The van der Waals surface area contributed by atoms with Crippen molar-refractivity contribution in [3.05, 3.63) is 59.9 Å². The zero-order chi connectivity index (χ0) is 20.4. The molecule has 2 rings (SSSR count). The molecular formula is C19H21N5O4. The van der Waals surface area contributed by atoms with Gasteiger partial charge in [-0.15, -0.1) is 0 Å². The summed E-state index contributed by atoms with van der Waals surface area (Å²) < 4.78 is 0. The van der Waals surface area contributed by atoms with Crippen LogP contribution in [0.4, 0.5) is 5.69 Å². The minimum absolute atomic E-state index is 0.0370. The van der Waals surface area contributed by atoms with Crippen LogP contribution in [-0.2, 0) is 14.4 Å². The standard InChI is InChI=1S/C19H21N5O4/c20-22-11-13-3-5-15(6-4-13)23-17(25)7-8-18(26)24-16(10-19(27)28)14-2-1-9-21-12-14/h1-6,9,11-12,16H,7-8,10,20H2,(H,23,25)(H,24,26)(H,27,28)/t16-/m1/s1. The molecule has 9 nitrogen and oxygen atoms in total. The van der Waals surface area contributed by atoms with Gasteiger partial charge in [-0.1, -0.05) is 18.2 Å². The molecule has 5 N–H and O–H groups in total. The maximum atomic E-state index is 12.2. The maximum absolute atomic E-state index is 12.2. The third kappa shape index (κ3) is 6.87. The molecule has 0 bridgehead atoms. The quantitative estimate of drug-likeness (QED) is 0.293. The number of carbonyl (C=O) groups excluding carboxylic acids is 2. The van der Waals surface area contributed by atoms with E-state index in [1.165, 1.54) is 12.4 Å². The molecule has 146 valence electrons. The number of rotatable bonds is 9. The fourth-order valence-corrected chi connectivity index (χ4v) is 2.46. The highest BCUT2D eigenvalue weighted by Gasteiger charge is 2.18. The van der Waals surface area contributed by atoms with E-state index >= 15 is 0 Å². The van der Waals surface area contributed by atoms with Gasteiger partial charge in [0.1, 0.15) is 0 Å². The number of aliphatic carboxylic acids is 1. The molecule has 0 aliphatic rings. The molecule has 0 saturated heterocycles. The van der Waals surface area contributed by atoms with E-state index in [2.05, 4.69) is 20.7 Å². The van der Waals surface area contributed by atoms with E-state index < -0.39 is 17.9 Å². The summed E-state index contributed by atoms with van der Waals surface area (Å²) in [6.07, 6.45) is 4.15. The Bertz CT molecular complexity index is 837. The van der Waals surface area contributed by atoms with Crippen molar-refractivity contribution in [2.75, 3.05) is 5.32 Å². The number of carboxylic acid groups (broad SMARTS) is 1. The first kappa shape index (κ1) is 20.6. The van der Waals surface area contributed by atoms with Crippen LogP contribution in [0.25, 0.3) is 0 Å². The van der Waals surface area contributed by atoms with Gasteiger partial charge in [-0.25, -0.2) is 0 Å². The van der Waals surface area contributed by atoms with E-state index in [1.54, 1.807) is 42.6 Å². The molecule has 0 aliphatic heterocycles. The molecule has 2 amide bonds. The highest BCUT2D eigenvalue weighted by atomic mass is 16.4. The van der Waals surface area contributed by atoms with Crippen LogP contribution in [0.1, 0.15) is 36.4 Å². The minimum Gasteiger partial charge on any atom is -0.481 e. The molecule has 0 aliphatic carbocycles. The van der Waals surface area contributed by atoms with Crippen LogP contribution in [0, 0.1) is 0 Å². The third-order valence-corrected chi connectivity index (χ3v) is 3.80. The van der Waals surface area contributed by atoms with Gasteiger partial charge in [-0.3, -0.25) is 19.4 Å². The molecule has 0 saturated carbocycles. The predicted octanol–water partition coefficient (Wildman–Crippen LogP) is 1.43. The van der Waals surface area contributed by atoms with E-state index in [4.69, 9.17) is 10.9 Å². The lowest BCUT2D eigenvalue weighted by Gasteiger charge is -2.17. The summed E-state index contributed by atoms with van der Waals surface area (Å²) in [5.41, 5.74) is 1.96. The molecule has 0 unspecified atom stereocenters. The number of hydrazone groups is 1. The Morgan fingerprint density at radius 1 is 1.14 bits per heavy atom. The number of nitrogens with two attached hydrogens (primary N) is 1. The Kier molecular flexibility index (Phi) is 7.64. The number of aromatic nitrogens is 1. The molecule has 1 aromatic carbocycles. The summed E-state index contributed by atoms with van der Waals surface area (Å²) in [6, 6.07) is 9.51. The van der Waals surface area contributed by atoms with Gasteiger partial charge in [0.15, 0.2) is 0 Å². The van der Waals surface area contributed by atoms with Crippen LogP contribution < -0.4 is 16.5 Å². The van der Waals surface area contributed by atoms with Crippen LogP contribution >= 0.6 is 0 Å². The molecule has 1 aromatic heterocycles. The summed E-state index contributed by atoms with van der Waals surface area (Å²) in [5.74, 6) is 3.28. The molecule has 28 heavy (non-hydrogen) atoms. The second-order valence-electron chi connectivity index (χ2n) is 5.95. The normalized spacial score (nSPS) is 11.7. The summed E-state index contributed by atoms with van der Waals surface area (Å²) in [6.45, 7) is 0. The maximum Gasteiger partial charge on any atom is 0.305 e. The SMILES string of the molecule is NN=Cc1ccc(NC(=O)CCC(=O)N[C@H](CC(=O)O)c2cccnc2)cc1. The van der Waals surface area contributed by atoms with Gasteiger partial charge < -0.3 is 21.6 Å². The number of amides is 2. The van der Waals surface area contributed by atoms with E-state index in [0.717, 1.165) is 5.56 Å². The average Bonchev–Trinajstić information content (AvgIpc) is 2.68. The monoisotopic (exact) mass is 383 g/mol. The van der Waals surface area contributed by atoms with E-state index in [-0.39, 0.29) is 25.2 Å². The first-order valence-corrected chi connectivity index (χ1v) is 8.52. The van der Waals surface area contributed by atoms with Crippen LogP contribution in [0.2, 0.25) is 0 Å². The number of benzene rings is 1. The van der Waals surface area contributed by atoms with E-state index in [9.17, 15) is 14.4 Å². The van der Waals surface area contributed by atoms with Gasteiger partial charge in [0.2, 0.25) is 11.8 Å². The van der Waals surface area contributed by atoms with Crippen LogP contribution in [0.3, 0.4) is 0 Å². The first-order valence-electron chi connectivity index (χ1n) is 8.52. The van der Waals surface area contributed by atoms with Crippen LogP contribution in [-0.4, -0.2) is 34.1 Å². The van der Waals surface area contributed by atoms with Gasteiger partial charge in [0, 0.05) is 30.9 Å². The molecule has 0 spiro atoms. The summed E-state index contributed by atoms with van der Waals surface area (Å²) in [5, 5.41) is 17.8. The smallest absolute Gasteiger partial charge is 0.305 e. The van der Waals surface area contributed by atoms with Crippen molar-refractivity contribution in [3.8, 4) is 0 Å². The number of hydrogen-bond acceptors (Lipinski definition) is 6. The van der Waals surface area contributed by atoms with Crippen molar-refractivity contribution in [1.29, 1.82) is 0 Å². The first-order chi connectivity index (χ1) is 13.5. The lowest BCUT2D eigenvalue weighted by molar-refractivity contribution is -0.138. The van der Waals surface area contributed by atoms with Crippen molar-refractivity contribution in [2.24, 2.45) is 10.9 Å². The Morgan fingerprint density at radius 3 is 2.46 bits per heavy atom. The number of anilines is 1. The Balaban J connectivity index is 1.85. The van der Waals surface area contributed by atoms with E-state index in [0.29, 0.717) is 11.3 Å². The Morgan fingerprint density at radius 2 is 1.86 bits per heavy atom. The van der Waals surface area contributed by atoms with E-state index in [1.807, 2.05) is 0 Å². The zero-order valence-corrected chi connectivity index (χ0v) is 15.0. The molecule has 2 aromatic rings. The van der Waals surface area contributed by atoms with Gasteiger partial charge in [0.25, 0.3) is 0 Å². The fraction of sp³-hybridized carbons (Fsp3) is 0.211. The highest BCUT2D eigenvalue weighted by molar-refractivity contribution is 5.93. The van der Waals surface area contributed by atoms with Crippen molar-refractivity contribution in [2.45, 2.75) is 25.3 Å². The minimum atomic E-state index is -1.05. The van der Waals surface area contributed by atoms with Gasteiger partial charge >= 0.3 is 5.97 Å². The van der Waals surface area contributed by atoms with Gasteiger partial charge in [-0.05, 0) is 29.3 Å². The molecule has 9 heteroatoms. The third-order valence-electron chi connectivity index (χ3n) is 3.80. The molecule has 0 fully saturated rings.